The van der Waals surface area contributed by atoms with Gasteiger partial charge < -0.3 is 4.79 Å². The van der Waals surface area contributed by atoms with E-state index in [4.69, 9.17) is 0 Å². The maximum Gasteiger partial charge on any atom is 0.130 e. The molecule has 1 aliphatic rings. The first kappa shape index (κ1) is 7.25. The van der Waals surface area contributed by atoms with E-state index in [9.17, 15) is 4.79 Å². The zero-order valence-corrected chi connectivity index (χ0v) is 6.32. The highest BCUT2D eigenvalue weighted by atomic mass is 16.1. The molecule has 3 nitrogen and oxygen atoms in total. The van der Waals surface area contributed by atoms with Crippen LogP contribution in [-0.4, -0.2) is 30.1 Å². The molecule has 0 aromatic rings. The highest BCUT2D eigenvalue weighted by molar-refractivity contribution is 5.82. The average molecular weight is 140 g/mol. The Morgan fingerprint density at radius 2 is 2.50 bits per heavy atom. The smallest absolute Gasteiger partial charge is 0.130 e. The lowest BCUT2D eigenvalue weighted by Crippen LogP contribution is -2.25. The van der Waals surface area contributed by atoms with Gasteiger partial charge in [-0.15, -0.1) is 0 Å². The van der Waals surface area contributed by atoms with Crippen LogP contribution < -0.4 is 0 Å². The van der Waals surface area contributed by atoms with Crippen molar-refractivity contribution in [3.05, 3.63) is 0 Å². The normalized spacial score (nSPS) is 24.3. The number of rotatable bonds is 2. The lowest BCUT2D eigenvalue weighted by Gasteiger charge is -2.18. The van der Waals surface area contributed by atoms with Crippen LogP contribution in [0.1, 0.15) is 13.8 Å². The third-order valence-electron chi connectivity index (χ3n) is 1.58. The molecular formula is C7H12N2O. The second-order valence-corrected chi connectivity index (χ2v) is 2.78. The van der Waals surface area contributed by atoms with Crippen LogP contribution in [0, 0.1) is 5.92 Å². The summed E-state index contributed by atoms with van der Waals surface area (Å²) < 4.78 is 0. The minimum Gasteiger partial charge on any atom is -0.303 e. The summed E-state index contributed by atoms with van der Waals surface area (Å²) >= 11 is 0. The van der Waals surface area contributed by atoms with Crippen molar-refractivity contribution in [1.82, 2.24) is 5.01 Å². The van der Waals surface area contributed by atoms with E-state index in [2.05, 4.69) is 18.9 Å². The van der Waals surface area contributed by atoms with Crippen molar-refractivity contribution in [3.63, 3.8) is 0 Å². The van der Waals surface area contributed by atoms with E-state index in [0.29, 0.717) is 6.04 Å². The molecule has 3 heteroatoms. The first-order chi connectivity index (χ1) is 4.74. The molecule has 0 radical (unpaired) electrons. The minimum atomic E-state index is 0.0161. The Morgan fingerprint density at radius 1 is 1.80 bits per heavy atom. The van der Waals surface area contributed by atoms with Crippen molar-refractivity contribution >= 4 is 12.5 Å². The number of hydrazone groups is 1. The highest BCUT2D eigenvalue weighted by Gasteiger charge is 2.17. The van der Waals surface area contributed by atoms with Gasteiger partial charge in [0.1, 0.15) is 6.29 Å². The van der Waals surface area contributed by atoms with Crippen LogP contribution in [0.3, 0.4) is 0 Å². The van der Waals surface area contributed by atoms with Gasteiger partial charge in [0.15, 0.2) is 0 Å². The molecule has 0 aliphatic carbocycles. The van der Waals surface area contributed by atoms with Crippen molar-refractivity contribution in [2.75, 3.05) is 6.54 Å². The number of carbonyl (C=O) groups is 1. The molecular weight excluding hydrogens is 128 g/mol. The first-order valence-corrected chi connectivity index (χ1v) is 3.50. The van der Waals surface area contributed by atoms with Crippen molar-refractivity contribution in [1.29, 1.82) is 0 Å². The number of nitrogens with zero attached hydrogens (tertiary/aromatic N) is 2. The van der Waals surface area contributed by atoms with Crippen LogP contribution in [0.4, 0.5) is 0 Å². The molecule has 0 fully saturated rings. The third-order valence-corrected chi connectivity index (χ3v) is 1.58. The molecule has 1 aliphatic heterocycles. The molecule has 1 unspecified atom stereocenters. The van der Waals surface area contributed by atoms with Crippen LogP contribution >= 0.6 is 0 Å². The van der Waals surface area contributed by atoms with Gasteiger partial charge in [0.25, 0.3) is 0 Å². The zero-order valence-electron chi connectivity index (χ0n) is 6.32. The van der Waals surface area contributed by atoms with Gasteiger partial charge in [0.2, 0.25) is 0 Å². The van der Waals surface area contributed by atoms with Crippen LogP contribution in [0.25, 0.3) is 0 Å². The Hall–Kier alpha value is -0.860. The summed E-state index contributed by atoms with van der Waals surface area (Å²) in [6.45, 7) is 4.87. The molecule has 1 rings (SSSR count). The molecule has 10 heavy (non-hydrogen) atoms. The fraction of sp³-hybridized carbons (Fsp3) is 0.714. The molecule has 1 atom stereocenters. The van der Waals surface area contributed by atoms with Crippen LogP contribution in [0.5, 0.6) is 0 Å². The van der Waals surface area contributed by atoms with E-state index in [0.717, 1.165) is 12.8 Å². The van der Waals surface area contributed by atoms with E-state index in [1.54, 1.807) is 6.21 Å². The van der Waals surface area contributed by atoms with Gasteiger partial charge in [-0.05, 0) is 13.8 Å². The van der Waals surface area contributed by atoms with Crippen LogP contribution in [0.2, 0.25) is 0 Å². The third kappa shape index (κ3) is 1.35. The molecule has 1 heterocycles. The maximum absolute atomic E-state index is 10.3. The molecule has 0 amide bonds. The van der Waals surface area contributed by atoms with Crippen LogP contribution in [0.15, 0.2) is 5.10 Å². The second-order valence-electron chi connectivity index (χ2n) is 2.78. The Kier molecular flexibility index (Phi) is 2.04. The van der Waals surface area contributed by atoms with Crippen molar-refractivity contribution in [2.24, 2.45) is 11.0 Å². The van der Waals surface area contributed by atoms with Gasteiger partial charge in [-0.3, -0.25) is 5.01 Å². The number of hydrogen-bond acceptors (Lipinski definition) is 3. The molecule has 0 N–H and O–H groups in total. The van der Waals surface area contributed by atoms with Crippen molar-refractivity contribution < 1.29 is 4.79 Å². The SMILES string of the molecule is CC(C)N1CC(C=O)C=N1. The first-order valence-electron chi connectivity index (χ1n) is 3.50. The number of carbonyl (C=O) groups excluding carboxylic acids is 1. The van der Waals surface area contributed by atoms with E-state index < -0.39 is 0 Å². The fourth-order valence-electron chi connectivity index (χ4n) is 0.904. The van der Waals surface area contributed by atoms with Gasteiger partial charge in [-0.1, -0.05) is 0 Å². The minimum absolute atomic E-state index is 0.0161. The zero-order chi connectivity index (χ0) is 7.56. The van der Waals surface area contributed by atoms with Crippen molar-refractivity contribution in [2.45, 2.75) is 19.9 Å². The van der Waals surface area contributed by atoms with E-state index in [-0.39, 0.29) is 5.92 Å². The quantitative estimate of drug-likeness (QED) is 0.523. The predicted molar refractivity (Wildman–Crippen MR) is 39.9 cm³/mol. The van der Waals surface area contributed by atoms with E-state index >= 15 is 0 Å². The van der Waals surface area contributed by atoms with Gasteiger partial charge >= 0.3 is 0 Å². The van der Waals surface area contributed by atoms with Gasteiger partial charge in [0.05, 0.1) is 12.5 Å². The largest absolute Gasteiger partial charge is 0.303 e. The summed E-state index contributed by atoms with van der Waals surface area (Å²) in [5, 5.41) is 5.98. The molecule has 56 valence electrons. The maximum atomic E-state index is 10.3. The summed E-state index contributed by atoms with van der Waals surface area (Å²) in [5.74, 6) is 0.0161. The summed E-state index contributed by atoms with van der Waals surface area (Å²) in [6.07, 6.45) is 2.64. The van der Waals surface area contributed by atoms with Crippen molar-refractivity contribution in [3.8, 4) is 0 Å². The molecule has 0 saturated heterocycles. The summed E-state index contributed by atoms with van der Waals surface area (Å²) in [5.41, 5.74) is 0. The van der Waals surface area contributed by atoms with Gasteiger partial charge in [-0.2, -0.15) is 5.10 Å². The Bertz CT molecular complexity index is 154. The lowest BCUT2D eigenvalue weighted by atomic mass is 10.2. The molecule has 0 bridgehead atoms. The number of aldehydes is 1. The molecule has 0 aromatic heterocycles. The monoisotopic (exact) mass is 140 g/mol. The highest BCUT2D eigenvalue weighted by Crippen LogP contribution is 2.08. The van der Waals surface area contributed by atoms with Gasteiger partial charge in [0, 0.05) is 12.3 Å². The standard InChI is InChI=1S/C7H12N2O/c1-6(2)9-4-7(5-10)3-8-9/h3,5-7H,4H2,1-2H3. The fourth-order valence-corrected chi connectivity index (χ4v) is 0.904. The van der Waals surface area contributed by atoms with Gasteiger partial charge in [-0.25, -0.2) is 0 Å². The molecule has 0 aromatic carbocycles. The van der Waals surface area contributed by atoms with E-state index in [1.807, 2.05) is 5.01 Å². The van der Waals surface area contributed by atoms with E-state index in [1.165, 1.54) is 0 Å². The molecule has 0 saturated carbocycles. The topological polar surface area (TPSA) is 32.7 Å². The Balaban J connectivity index is 2.45. The number of hydrogen-bond donors (Lipinski definition) is 0. The summed E-state index contributed by atoms with van der Waals surface area (Å²) in [6, 6.07) is 0.404. The lowest BCUT2D eigenvalue weighted by molar-refractivity contribution is -0.109. The summed E-state index contributed by atoms with van der Waals surface area (Å²) in [7, 11) is 0. The predicted octanol–water partition coefficient (Wildman–Crippen LogP) is 0.511. The van der Waals surface area contributed by atoms with Crippen LogP contribution in [-0.2, 0) is 4.79 Å². The summed E-state index contributed by atoms with van der Waals surface area (Å²) in [4.78, 5) is 10.3. The molecule has 0 spiro atoms. The Labute approximate surface area is 60.7 Å². The second kappa shape index (κ2) is 2.82. The average Bonchev–Trinajstić information content (AvgIpc) is 2.34. The Morgan fingerprint density at radius 3 is 2.80 bits per heavy atom.